The Morgan fingerprint density at radius 1 is 1.21 bits per heavy atom. The van der Waals surface area contributed by atoms with Gasteiger partial charge in [0.1, 0.15) is 13.2 Å². The molecule has 1 aliphatic rings. The average Bonchev–Trinajstić information content (AvgIpc) is 3.01. The molecule has 0 spiro atoms. The van der Waals surface area contributed by atoms with E-state index in [2.05, 4.69) is 10.3 Å². The van der Waals surface area contributed by atoms with Crippen LogP contribution >= 0.6 is 11.8 Å². The number of aromatic nitrogens is 2. The second kappa shape index (κ2) is 7.58. The van der Waals surface area contributed by atoms with Crippen molar-refractivity contribution in [3.63, 3.8) is 0 Å². The zero-order valence-electron chi connectivity index (χ0n) is 15.4. The third kappa shape index (κ3) is 4.16. The number of fused-ring (bicyclic) bond motifs is 2. The number of ether oxygens (including phenoxy) is 2. The summed E-state index contributed by atoms with van der Waals surface area (Å²) in [5, 5.41) is 8.57. The van der Waals surface area contributed by atoms with Crippen LogP contribution in [0, 0.1) is 0 Å². The highest BCUT2D eigenvalue weighted by Gasteiger charge is 2.16. The van der Waals surface area contributed by atoms with Crippen molar-refractivity contribution in [2.24, 2.45) is 12.2 Å². The number of primary sulfonamides is 1. The first-order valence-corrected chi connectivity index (χ1v) is 11.2. The molecule has 1 amide bonds. The van der Waals surface area contributed by atoms with Crippen LogP contribution < -0.4 is 19.9 Å². The van der Waals surface area contributed by atoms with Crippen LogP contribution in [0.25, 0.3) is 11.0 Å². The first-order valence-electron chi connectivity index (χ1n) is 8.63. The maximum atomic E-state index is 12.3. The fourth-order valence-electron chi connectivity index (χ4n) is 2.91. The molecule has 0 radical (unpaired) electrons. The molecule has 0 fully saturated rings. The number of carbonyl (C=O) groups is 1. The lowest BCUT2D eigenvalue weighted by Crippen LogP contribution is -2.17. The van der Waals surface area contributed by atoms with E-state index < -0.39 is 10.0 Å². The van der Waals surface area contributed by atoms with Crippen molar-refractivity contribution in [2.45, 2.75) is 10.1 Å². The molecule has 29 heavy (non-hydrogen) atoms. The molecule has 0 atom stereocenters. The van der Waals surface area contributed by atoms with Crippen molar-refractivity contribution < 1.29 is 22.7 Å². The van der Waals surface area contributed by atoms with Crippen molar-refractivity contribution >= 4 is 44.4 Å². The van der Waals surface area contributed by atoms with Crippen LogP contribution in [0.1, 0.15) is 0 Å². The lowest BCUT2D eigenvalue weighted by atomic mass is 10.2. The van der Waals surface area contributed by atoms with Gasteiger partial charge in [0, 0.05) is 18.8 Å². The molecule has 11 heteroatoms. The molecule has 9 nitrogen and oxygen atoms in total. The van der Waals surface area contributed by atoms with Gasteiger partial charge in [0.15, 0.2) is 16.7 Å². The van der Waals surface area contributed by atoms with E-state index in [9.17, 15) is 13.2 Å². The molecular formula is C18H18N4O5S2. The number of hydrogen-bond acceptors (Lipinski definition) is 7. The summed E-state index contributed by atoms with van der Waals surface area (Å²) < 4.78 is 35.8. The highest BCUT2D eigenvalue weighted by atomic mass is 32.2. The smallest absolute Gasteiger partial charge is 0.238 e. The van der Waals surface area contributed by atoms with Gasteiger partial charge in [-0.05, 0) is 30.3 Å². The molecule has 2 aromatic carbocycles. The Hall–Kier alpha value is -2.76. The summed E-state index contributed by atoms with van der Waals surface area (Å²) in [6, 6.07) is 9.72. The first kappa shape index (κ1) is 19.6. The number of hydrogen-bond donors (Lipinski definition) is 2. The summed E-state index contributed by atoms with van der Waals surface area (Å²) in [4.78, 5) is 16.7. The molecule has 3 N–H and O–H groups in total. The fraction of sp³-hybridized carbons (Fsp3) is 0.222. The molecule has 1 aromatic heterocycles. The standard InChI is InChI=1S/C18H18N4O5S2/c1-22-14-4-3-12(29(19,24)25)9-13(14)21-18(22)28-10-17(23)20-11-2-5-15-16(8-11)27-7-6-26-15/h2-5,8-9H,6-7,10H2,1H3,(H,20,23)(H2,19,24,25). The number of nitrogens with two attached hydrogens (primary N) is 1. The monoisotopic (exact) mass is 434 g/mol. The highest BCUT2D eigenvalue weighted by molar-refractivity contribution is 7.99. The number of amides is 1. The second-order valence-corrected chi connectivity index (χ2v) is 8.85. The van der Waals surface area contributed by atoms with Crippen LogP contribution in [0.2, 0.25) is 0 Å². The average molecular weight is 434 g/mol. The molecule has 3 aromatic rings. The van der Waals surface area contributed by atoms with Crippen molar-refractivity contribution in [1.29, 1.82) is 0 Å². The molecule has 0 aliphatic carbocycles. The molecule has 0 saturated heterocycles. The van der Waals surface area contributed by atoms with Gasteiger partial charge in [-0.1, -0.05) is 11.8 Å². The number of aryl methyl sites for hydroxylation is 1. The van der Waals surface area contributed by atoms with E-state index >= 15 is 0 Å². The normalized spacial score (nSPS) is 13.4. The number of rotatable bonds is 5. The number of imidazole rings is 1. The van der Waals surface area contributed by atoms with Gasteiger partial charge in [0.05, 0.1) is 21.7 Å². The zero-order valence-corrected chi connectivity index (χ0v) is 17.0. The molecule has 2 heterocycles. The van der Waals surface area contributed by atoms with Crippen LogP contribution in [0.4, 0.5) is 5.69 Å². The summed E-state index contributed by atoms with van der Waals surface area (Å²) >= 11 is 1.25. The van der Waals surface area contributed by atoms with Crippen molar-refractivity contribution in [3.05, 3.63) is 36.4 Å². The summed E-state index contributed by atoms with van der Waals surface area (Å²) in [6.07, 6.45) is 0. The van der Waals surface area contributed by atoms with Gasteiger partial charge in [-0.15, -0.1) is 0 Å². The van der Waals surface area contributed by atoms with Crippen LogP contribution in [-0.2, 0) is 21.9 Å². The summed E-state index contributed by atoms with van der Waals surface area (Å²) in [6.45, 7) is 0.978. The van der Waals surface area contributed by atoms with E-state index in [4.69, 9.17) is 14.6 Å². The van der Waals surface area contributed by atoms with Gasteiger partial charge < -0.3 is 19.4 Å². The third-order valence-corrected chi connectivity index (χ3v) is 6.24. The minimum atomic E-state index is -3.80. The fourth-order valence-corrected chi connectivity index (χ4v) is 4.23. The largest absolute Gasteiger partial charge is 0.486 e. The van der Waals surface area contributed by atoms with E-state index in [1.807, 2.05) is 0 Å². The van der Waals surface area contributed by atoms with Gasteiger partial charge in [-0.25, -0.2) is 18.5 Å². The number of nitrogens with one attached hydrogen (secondary N) is 1. The molecular weight excluding hydrogens is 416 g/mol. The van der Waals surface area contributed by atoms with E-state index in [0.29, 0.717) is 41.1 Å². The lowest BCUT2D eigenvalue weighted by Gasteiger charge is -2.18. The number of anilines is 1. The zero-order chi connectivity index (χ0) is 20.6. The van der Waals surface area contributed by atoms with E-state index in [1.165, 1.54) is 23.9 Å². The van der Waals surface area contributed by atoms with Gasteiger partial charge in [-0.2, -0.15) is 0 Å². The Labute approximate surface area is 171 Å². The van der Waals surface area contributed by atoms with Gasteiger partial charge in [0.25, 0.3) is 0 Å². The maximum absolute atomic E-state index is 12.3. The van der Waals surface area contributed by atoms with Crippen molar-refractivity contribution in [2.75, 3.05) is 24.3 Å². The van der Waals surface area contributed by atoms with Gasteiger partial charge in [0.2, 0.25) is 15.9 Å². The quantitative estimate of drug-likeness (QED) is 0.586. The highest BCUT2D eigenvalue weighted by Crippen LogP contribution is 2.32. The minimum absolute atomic E-state index is 0.00370. The predicted molar refractivity (Wildman–Crippen MR) is 109 cm³/mol. The Kier molecular flexibility index (Phi) is 5.11. The van der Waals surface area contributed by atoms with Crippen LogP contribution in [0.15, 0.2) is 46.5 Å². The van der Waals surface area contributed by atoms with Crippen molar-refractivity contribution in [3.8, 4) is 11.5 Å². The number of nitrogens with zero attached hydrogens (tertiary/aromatic N) is 2. The van der Waals surface area contributed by atoms with Crippen LogP contribution in [0.3, 0.4) is 0 Å². The van der Waals surface area contributed by atoms with E-state index in [0.717, 1.165) is 5.52 Å². The topological polar surface area (TPSA) is 126 Å². The van der Waals surface area contributed by atoms with E-state index in [1.54, 1.807) is 35.9 Å². The molecule has 0 unspecified atom stereocenters. The third-order valence-electron chi connectivity index (χ3n) is 4.30. The van der Waals surface area contributed by atoms with Crippen molar-refractivity contribution in [1.82, 2.24) is 9.55 Å². The number of carbonyl (C=O) groups excluding carboxylic acids is 1. The van der Waals surface area contributed by atoms with Gasteiger partial charge >= 0.3 is 0 Å². The molecule has 4 rings (SSSR count). The van der Waals surface area contributed by atoms with Gasteiger partial charge in [-0.3, -0.25) is 4.79 Å². The van der Waals surface area contributed by atoms with Crippen LogP contribution in [0.5, 0.6) is 11.5 Å². The Morgan fingerprint density at radius 2 is 1.97 bits per heavy atom. The summed E-state index contributed by atoms with van der Waals surface area (Å²) in [5.41, 5.74) is 1.85. The molecule has 0 bridgehead atoms. The molecule has 152 valence electrons. The second-order valence-electron chi connectivity index (χ2n) is 6.34. The SMILES string of the molecule is Cn1c(SCC(=O)Nc2ccc3c(c2)OCCO3)nc2cc(S(N)(=O)=O)ccc21. The number of sulfonamides is 1. The molecule has 0 saturated carbocycles. The van der Waals surface area contributed by atoms with Crippen LogP contribution in [-0.4, -0.2) is 42.8 Å². The predicted octanol–water partition coefficient (Wildman–Crippen LogP) is 1.72. The summed E-state index contributed by atoms with van der Waals surface area (Å²) in [7, 11) is -2.01. The Balaban J connectivity index is 1.45. The number of benzene rings is 2. The molecule has 1 aliphatic heterocycles. The first-order chi connectivity index (χ1) is 13.8. The van der Waals surface area contributed by atoms with E-state index in [-0.39, 0.29) is 16.6 Å². The Bertz CT molecular complexity index is 1210. The minimum Gasteiger partial charge on any atom is -0.486 e. The summed E-state index contributed by atoms with van der Waals surface area (Å²) in [5.74, 6) is 1.18. The maximum Gasteiger partial charge on any atom is 0.238 e. The lowest BCUT2D eigenvalue weighted by molar-refractivity contribution is -0.113. The Morgan fingerprint density at radius 3 is 2.72 bits per heavy atom. The number of thioether (sulfide) groups is 1.